The van der Waals surface area contributed by atoms with Crippen molar-refractivity contribution in [1.82, 2.24) is 10.2 Å². The Kier molecular flexibility index (Phi) is 4.44. The molecule has 24 heavy (non-hydrogen) atoms. The van der Waals surface area contributed by atoms with Crippen LogP contribution in [-0.2, 0) is 14.4 Å². The number of fused-ring (bicyclic) bond motifs is 1. The first-order valence-corrected chi connectivity index (χ1v) is 7.79. The molecule has 0 unspecified atom stereocenters. The minimum absolute atomic E-state index is 0.157. The van der Waals surface area contributed by atoms with Gasteiger partial charge in [-0.2, -0.15) is 0 Å². The van der Waals surface area contributed by atoms with E-state index in [1.165, 1.54) is 0 Å². The van der Waals surface area contributed by atoms with Crippen LogP contribution in [0.3, 0.4) is 0 Å². The number of amides is 2. The van der Waals surface area contributed by atoms with Crippen LogP contribution in [0.25, 0.3) is 0 Å². The number of carboxylic acids is 1. The number of hydrogen-bond acceptors (Lipinski definition) is 4. The van der Waals surface area contributed by atoms with E-state index >= 15 is 0 Å². The molecule has 7 nitrogen and oxygen atoms in total. The third kappa shape index (κ3) is 2.94. The molecule has 1 saturated heterocycles. The number of carbonyl (C=O) groups excluding carboxylic acids is 2. The Hall–Kier alpha value is -2.54. The molecule has 1 aromatic rings. The summed E-state index contributed by atoms with van der Waals surface area (Å²) in [7, 11) is 0. The van der Waals surface area contributed by atoms with E-state index in [1.807, 2.05) is 6.07 Å². The van der Waals surface area contributed by atoms with Crippen molar-refractivity contribution in [3.63, 3.8) is 0 Å². The number of β-lactam (4-membered cyclic amide) rings is 1. The van der Waals surface area contributed by atoms with Gasteiger partial charge in [0.05, 0.1) is 6.04 Å². The van der Waals surface area contributed by atoms with Gasteiger partial charge in [0.25, 0.3) is 11.8 Å². The normalized spacial score (nSPS) is 22.5. The number of nitrogens with one attached hydrogen (secondary N) is 1. The van der Waals surface area contributed by atoms with Crippen molar-refractivity contribution >= 4 is 29.4 Å². The van der Waals surface area contributed by atoms with Crippen molar-refractivity contribution in [2.75, 3.05) is 6.61 Å². The highest BCUT2D eigenvalue weighted by molar-refractivity contribution is 6.32. The molecule has 2 atom stereocenters. The molecule has 0 aromatic heterocycles. The van der Waals surface area contributed by atoms with E-state index in [9.17, 15) is 19.5 Å². The fraction of sp³-hybridized carbons (Fsp3) is 0.312. The number of ether oxygens (including phenoxy) is 1. The average molecular weight is 351 g/mol. The number of carboxylic acid groups (broad SMARTS) is 1. The molecular weight excluding hydrogens is 336 g/mol. The Morgan fingerprint density at radius 3 is 2.71 bits per heavy atom. The van der Waals surface area contributed by atoms with Gasteiger partial charge in [0, 0.05) is 5.03 Å². The molecule has 2 heterocycles. The lowest BCUT2D eigenvalue weighted by atomic mass is 9.86. The first kappa shape index (κ1) is 16.3. The van der Waals surface area contributed by atoms with E-state index in [1.54, 1.807) is 24.3 Å². The van der Waals surface area contributed by atoms with Crippen LogP contribution in [0.15, 0.2) is 41.1 Å². The van der Waals surface area contributed by atoms with Crippen molar-refractivity contribution in [1.29, 1.82) is 0 Å². The number of benzene rings is 1. The Bertz CT molecular complexity index is 718. The zero-order valence-electron chi connectivity index (χ0n) is 12.6. The molecule has 8 heteroatoms. The summed E-state index contributed by atoms with van der Waals surface area (Å²) in [6, 6.07) is 7.71. The summed E-state index contributed by atoms with van der Waals surface area (Å²) in [5.41, 5.74) is -0.191. The predicted molar refractivity (Wildman–Crippen MR) is 84.3 cm³/mol. The molecule has 1 aromatic carbocycles. The molecule has 2 amide bonds. The maximum atomic E-state index is 12.2. The lowest BCUT2D eigenvalue weighted by Crippen LogP contribution is -2.71. The van der Waals surface area contributed by atoms with Gasteiger partial charge in [0.2, 0.25) is 0 Å². The lowest BCUT2D eigenvalue weighted by Gasteiger charge is -2.49. The van der Waals surface area contributed by atoms with Crippen molar-refractivity contribution in [2.24, 2.45) is 0 Å². The van der Waals surface area contributed by atoms with Crippen LogP contribution in [0.5, 0.6) is 5.75 Å². The molecule has 2 N–H and O–H groups in total. The molecule has 0 radical (unpaired) electrons. The van der Waals surface area contributed by atoms with E-state index in [0.29, 0.717) is 18.6 Å². The highest BCUT2D eigenvalue weighted by atomic mass is 35.5. The highest BCUT2D eigenvalue weighted by Crippen LogP contribution is 2.37. The zero-order valence-corrected chi connectivity index (χ0v) is 13.3. The number of rotatable bonds is 5. The van der Waals surface area contributed by atoms with Gasteiger partial charge in [0.1, 0.15) is 17.5 Å². The Balaban J connectivity index is 1.59. The molecule has 0 spiro atoms. The number of halogens is 1. The van der Waals surface area contributed by atoms with Crippen LogP contribution in [0.1, 0.15) is 12.8 Å². The Morgan fingerprint density at radius 2 is 2.04 bits per heavy atom. The second-order valence-electron chi connectivity index (χ2n) is 5.52. The quantitative estimate of drug-likeness (QED) is 0.775. The van der Waals surface area contributed by atoms with Crippen LogP contribution in [-0.4, -0.2) is 46.5 Å². The number of para-hydroxylation sites is 1. The number of carbonyl (C=O) groups is 3. The third-order valence-corrected chi connectivity index (χ3v) is 4.38. The van der Waals surface area contributed by atoms with Gasteiger partial charge in [0.15, 0.2) is 6.61 Å². The summed E-state index contributed by atoms with van der Waals surface area (Å²) in [6.45, 7) is -0.219. The number of nitrogens with zero attached hydrogens (tertiary/aromatic N) is 1. The predicted octanol–water partition coefficient (Wildman–Crippen LogP) is 1.09. The van der Waals surface area contributed by atoms with Crippen LogP contribution in [0, 0.1) is 0 Å². The molecule has 0 saturated carbocycles. The van der Waals surface area contributed by atoms with E-state index in [4.69, 9.17) is 16.3 Å². The zero-order chi connectivity index (χ0) is 17.3. The minimum Gasteiger partial charge on any atom is -0.484 e. The second-order valence-corrected chi connectivity index (χ2v) is 5.98. The third-order valence-electron chi connectivity index (χ3n) is 4.01. The highest BCUT2D eigenvalue weighted by Gasteiger charge is 2.53. The molecule has 1 fully saturated rings. The van der Waals surface area contributed by atoms with Crippen LogP contribution < -0.4 is 10.1 Å². The first-order valence-electron chi connectivity index (χ1n) is 7.41. The molecule has 126 valence electrons. The summed E-state index contributed by atoms with van der Waals surface area (Å²) >= 11 is 5.91. The summed E-state index contributed by atoms with van der Waals surface area (Å²) in [5, 5.41) is 11.9. The van der Waals surface area contributed by atoms with E-state index in [0.717, 1.165) is 4.90 Å². The van der Waals surface area contributed by atoms with Gasteiger partial charge in [-0.05, 0) is 25.0 Å². The first-order chi connectivity index (χ1) is 11.5. The van der Waals surface area contributed by atoms with Gasteiger partial charge in [-0.1, -0.05) is 29.8 Å². The smallest absolute Gasteiger partial charge is 0.353 e. The largest absolute Gasteiger partial charge is 0.484 e. The summed E-state index contributed by atoms with van der Waals surface area (Å²) < 4.78 is 5.32. The fourth-order valence-corrected chi connectivity index (χ4v) is 3.18. The molecule has 2 aliphatic heterocycles. The number of hydrogen-bond donors (Lipinski definition) is 2. The summed E-state index contributed by atoms with van der Waals surface area (Å²) in [6.07, 6.45) is 0.871. The molecule has 2 aliphatic rings. The lowest BCUT2D eigenvalue weighted by molar-refractivity contribution is -0.156. The van der Waals surface area contributed by atoms with Gasteiger partial charge in [-0.15, -0.1) is 0 Å². The number of allylic oxidation sites excluding steroid dienone is 1. The van der Waals surface area contributed by atoms with E-state index < -0.39 is 23.8 Å². The van der Waals surface area contributed by atoms with Gasteiger partial charge < -0.3 is 15.2 Å². The van der Waals surface area contributed by atoms with Crippen LogP contribution >= 0.6 is 11.6 Å². The summed E-state index contributed by atoms with van der Waals surface area (Å²) in [5.74, 6) is -1.59. The van der Waals surface area contributed by atoms with E-state index in [-0.39, 0.29) is 23.4 Å². The topological polar surface area (TPSA) is 95.9 Å². The maximum absolute atomic E-state index is 12.2. The van der Waals surface area contributed by atoms with Crippen LogP contribution in [0.4, 0.5) is 0 Å². The molecule has 0 bridgehead atoms. The monoisotopic (exact) mass is 350 g/mol. The van der Waals surface area contributed by atoms with Crippen LogP contribution in [0.2, 0.25) is 0 Å². The van der Waals surface area contributed by atoms with Gasteiger partial charge in [-0.25, -0.2) is 4.79 Å². The molecular formula is C16H15ClN2O5. The number of aliphatic carboxylic acids is 1. The van der Waals surface area contributed by atoms with Crippen molar-refractivity contribution in [3.8, 4) is 5.75 Å². The van der Waals surface area contributed by atoms with Crippen molar-refractivity contribution in [3.05, 3.63) is 41.1 Å². The standard InChI is InChI=1S/C16H15ClN2O5/c17-10-6-7-11-13(15(21)19(11)14(10)16(22)23)18-12(20)8-24-9-4-2-1-3-5-9/h1-5,11,13H,6-8H2,(H,18,20)(H,22,23)/t11-,13-/m1/s1. The summed E-state index contributed by atoms with van der Waals surface area (Å²) in [4.78, 5) is 36.5. The van der Waals surface area contributed by atoms with E-state index in [2.05, 4.69) is 5.32 Å². The van der Waals surface area contributed by atoms with Gasteiger partial charge in [-0.3, -0.25) is 14.5 Å². The van der Waals surface area contributed by atoms with Crippen molar-refractivity contribution in [2.45, 2.75) is 24.9 Å². The fourth-order valence-electron chi connectivity index (χ4n) is 2.90. The SMILES string of the molecule is O=C(COc1ccccc1)N[C@H]1C(=O)N2C(C(=O)O)=C(Cl)CC[C@H]12. The van der Waals surface area contributed by atoms with Crippen molar-refractivity contribution < 1.29 is 24.2 Å². The second kappa shape index (κ2) is 6.52. The Labute approximate surface area is 142 Å². The maximum Gasteiger partial charge on any atom is 0.353 e. The molecule has 0 aliphatic carbocycles. The minimum atomic E-state index is -1.24. The molecule has 3 rings (SSSR count). The Morgan fingerprint density at radius 1 is 1.33 bits per heavy atom. The average Bonchev–Trinajstić information content (AvgIpc) is 2.58. The van der Waals surface area contributed by atoms with Gasteiger partial charge >= 0.3 is 5.97 Å².